The van der Waals surface area contributed by atoms with Crippen molar-refractivity contribution in [1.29, 1.82) is 5.26 Å². The fourth-order valence-electron chi connectivity index (χ4n) is 2.45. The number of benzene rings is 1. The quantitative estimate of drug-likeness (QED) is 0.669. The third-order valence-corrected chi connectivity index (χ3v) is 4.87. The molecule has 2 rings (SSSR count). The normalized spacial score (nSPS) is 9.58. The van der Waals surface area contributed by atoms with Gasteiger partial charge in [-0.3, -0.25) is 4.79 Å². The van der Waals surface area contributed by atoms with Gasteiger partial charge in [0.25, 0.3) is 5.56 Å². The van der Waals surface area contributed by atoms with Crippen molar-refractivity contribution in [3.05, 3.63) is 56.5 Å². The standard InChI is InChI=1S/C18H20N2OS.2C2H6/c1-10(2)16-17(12(4)13(5)20-18(16)21)22-15-7-11(3)6-14(8-15)9-19;2*1-2/h6-8,10H,1-5H3,(H,20,21);2*1-2H3. The van der Waals surface area contributed by atoms with Crippen LogP contribution in [0.5, 0.6) is 0 Å². The number of rotatable bonds is 3. The molecule has 2 aromatic rings. The van der Waals surface area contributed by atoms with Crippen LogP contribution in [0.2, 0.25) is 0 Å². The fraction of sp³-hybridized carbons (Fsp3) is 0.455. The Morgan fingerprint density at radius 1 is 1.04 bits per heavy atom. The topological polar surface area (TPSA) is 56.6 Å². The second-order valence-corrected chi connectivity index (χ2v) is 6.93. The molecule has 1 aromatic heterocycles. The maximum Gasteiger partial charge on any atom is 0.252 e. The molecule has 0 aliphatic rings. The van der Waals surface area contributed by atoms with E-state index < -0.39 is 0 Å². The van der Waals surface area contributed by atoms with Crippen LogP contribution >= 0.6 is 11.8 Å². The second kappa shape index (κ2) is 11.6. The minimum Gasteiger partial charge on any atom is -0.326 e. The van der Waals surface area contributed by atoms with Gasteiger partial charge in [0, 0.05) is 21.0 Å². The van der Waals surface area contributed by atoms with Crippen LogP contribution in [0.3, 0.4) is 0 Å². The lowest BCUT2D eigenvalue weighted by atomic mass is 10.0. The van der Waals surface area contributed by atoms with Crippen molar-refractivity contribution < 1.29 is 0 Å². The Morgan fingerprint density at radius 3 is 2.12 bits per heavy atom. The summed E-state index contributed by atoms with van der Waals surface area (Å²) in [5, 5.41) is 9.12. The molecule has 0 bridgehead atoms. The number of H-pyrrole nitrogens is 1. The van der Waals surface area contributed by atoms with Gasteiger partial charge in [0.2, 0.25) is 0 Å². The number of aromatic nitrogens is 1. The summed E-state index contributed by atoms with van der Waals surface area (Å²) in [5.74, 6) is 0.144. The smallest absolute Gasteiger partial charge is 0.252 e. The highest BCUT2D eigenvalue weighted by atomic mass is 32.2. The van der Waals surface area contributed by atoms with E-state index in [2.05, 4.69) is 11.1 Å². The second-order valence-electron chi connectivity index (χ2n) is 5.85. The molecule has 0 aliphatic heterocycles. The Labute approximate surface area is 162 Å². The largest absolute Gasteiger partial charge is 0.326 e. The van der Waals surface area contributed by atoms with Crippen LogP contribution < -0.4 is 5.56 Å². The number of aryl methyl sites for hydroxylation is 2. The van der Waals surface area contributed by atoms with E-state index in [-0.39, 0.29) is 11.5 Å². The molecule has 0 saturated carbocycles. The van der Waals surface area contributed by atoms with Gasteiger partial charge in [-0.05, 0) is 56.0 Å². The molecule has 0 saturated heterocycles. The predicted octanol–water partition coefficient (Wildman–Crippen LogP) is 6.50. The monoisotopic (exact) mass is 372 g/mol. The van der Waals surface area contributed by atoms with E-state index >= 15 is 0 Å². The van der Waals surface area contributed by atoms with Gasteiger partial charge >= 0.3 is 0 Å². The van der Waals surface area contributed by atoms with E-state index in [1.807, 2.05) is 80.5 Å². The fourth-order valence-corrected chi connectivity index (χ4v) is 3.86. The van der Waals surface area contributed by atoms with Crippen molar-refractivity contribution in [1.82, 2.24) is 4.98 Å². The lowest BCUT2D eigenvalue weighted by Gasteiger charge is -2.16. The third-order valence-electron chi connectivity index (χ3n) is 3.67. The van der Waals surface area contributed by atoms with Crippen LogP contribution in [0.1, 0.15) is 75.4 Å². The third kappa shape index (κ3) is 6.07. The number of aromatic amines is 1. The minimum atomic E-state index is -0.0197. The first-order valence-electron chi connectivity index (χ1n) is 9.26. The molecule has 0 unspecified atom stereocenters. The van der Waals surface area contributed by atoms with Crippen LogP contribution in [0, 0.1) is 32.1 Å². The highest BCUT2D eigenvalue weighted by molar-refractivity contribution is 7.99. The number of nitriles is 1. The summed E-state index contributed by atoms with van der Waals surface area (Å²) in [6, 6.07) is 7.97. The number of pyridine rings is 1. The van der Waals surface area contributed by atoms with Crippen molar-refractivity contribution in [3.8, 4) is 6.07 Å². The van der Waals surface area contributed by atoms with Crippen LogP contribution in [-0.2, 0) is 0 Å². The van der Waals surface area contributed by atoms with Crippen molar-refractivity contribution in [2.24, 2.45) is 0 Å². The van der Waals surface area contributed by atoms with Crippen molar-refractivity contribution in [3.63, 3.8) is 0 Å². The van der Waals surface area contributed by atoms with Crippen molar-refractivity contribution in [2.45, 2.75) is 78.0 Å². The minimum absolute atomic E-state index is 0.0197. The summed E-state index contributed by atoms with van der Waals surface area (Å²) in [7, 11) is 0. The Morgan fingerprint density at radius 2 is 1.62 bits per heavy atom. The van der Waals surface area contributed by atoms with E-state index in [0.717, 1.165) is 32.2 Å². The molecule has 0 amide bonds. The first-order valence-corrected chi connectivity index (χ1v) is 10.1. The van der Waals surface area contributed by atoms with Crippen molar-refractivity contribution in [2.75, 3.05) is 0 Å². The molecular weight excluding hydrogens is 340 g/mol. The summed E-state index contributed by atoms with van der Waals surface area (Å²) in [5.41, 5.74) is 4.47. The molecule has 0 atom stereocenters. The molecule has 142 valence electrons. The molecule has 0 aliphatic carbocycles. The van der Waals surface area contributed by atoms with Crippen LogP contribution in [0.25, 0.3) is 0 Å². The van der Waals surface area contributed by atoms with Gasteiger partial charge in [-0.2, -0.15) is 5.26 Å². The maximum absolute atomic E-state index is 12.3. The molecule has 0 radical (unpaired) electrons. The first-order chi connectivity index (χ1) is 12.3. The molecule has 4 heteroatoms. The highest BCUT2D eigenvalue weighted by Crippen LogP contribution is 2.36. The summed E-state index contributed by atoms with van der Waals surface area (Å²) >= 11 is 1.57. The van der Waals surface area contributed by atoms with Gasteiger partial charge in [0.15, 0.2) is 0 Å². The number of hydrogen-bond donors (Lipinski definition) is 1. The van der Waals surface area contributed by atoms with Gasteiger partial charge < -0.3 is 4.98 Å². The average molecular weight is 373 g/mol. The van der Waals surface area contributed by atoms with Crippen molar-refractivity contribution >= 4 is 11.8 Å². The van der Waals surface area contributed by atoms with E-state index in [9.17, 15) is 4.79 Å². The SMILES string of the molecule is CC.CC.Cc1cc(C#N)cc(Sc2c(C)c(C)[nH]c(=O)c2C(C)C)c1. The van der Waals surface area contributed by atoms with Gasteiger partial charge in [-0.15, -0.1) is 0 Å². The molecule has 1 heterocycles. The lowest BCUT2D eigenvalue weighted by molar-refractivity contribution is 0.804. The molecule has 1 N–H and O–H groups in total. The number of nitrogens with one attached hydrogen (secondary N) is 1. The van der Waals surface area contributed by atoms with E-state index in [1.54, 1.807) is 11.8 Å². The summed E-state index contributed by atoms with van der Waals surface area (Å²) < 4.78 is 0. The number of hydrogen-bond acceptors (Lipinski definition) is 3. The predicted molar refractivity (Wildman–Crippen MR) is 113 cm³/mol. The Hall–Kier alpha value is -1.99. The highest BCUT2D eigenvalue weighted by Gasteiger charge is 2.17. The molecule has 0 fully saturated rings. The van der Waals surface area contributed by atoms with Gasteiger partial charge in [0.1, 0.15) is 0 Å². The average Bonchev–Trinajstić information content (AvgIpc) is 2.62. The molecular formula is C22H32N2OS. The van der Waals surface area contributed by atoms with Gasteiger partial charge in [-0.1, -0.05) is 53.3 Å². The zero-order chi connectivity index (χ0) is 20.4. The molecule has 1 aromatic carbocycles. The lowest BCUT2D eigenvalue weighted by Crippen LogP contribution is -2.18. The Kier molecular flexibility index (Phi) is 10.7. The zero-order valence-electron chi connectivity index (χ0n) is 17.6. The number of nitrogens with zero attached hydrogens (tertiary/aromatic N) is 1. The van der Waals surface area contributed by atoms with Gasteiger partial charge in [0.05, 0.1) is 11.6 Å². The van der Waals surface area contributed by atoms with Crippen LogP contribution in [0.15, 0.2) is 32.8 Å². The first kappa shape index (κ1) is 24.0. The van der Waals surface area contributed by atoms with Crippen LogP contribution in [0.4, 0.5) is 0 Å². The molecule has 3 nitrogen and oxygen atoms in total. The molecule has 26 heavy (non-hydrogen) atoms. The maximum atomic E-state index is 12.3. The van der Waals surface area contributed by atoms with Gasteiger partial charge in [-0.25, -0.2) is 0 Å². The summed E-state index contributed by atoms with van der Waals surface area (Å²) in [4.78, 5) is 17.2. The zero-order valence-corrected chi connectivity index (χ0v) is 18.4. The summed E-state index contributed by atoms with van der Waals surface area (Å²) in [6.07, 6.45) is 0. The Bertz CT molecular complexity index is 814. The summed E-state index contributed by atoms with van der Waals surface area (Å²) in [6.45, 7) is 18.0. The van der Waals surface area contributed by atoms with E-state index in [4.69, 9.17) is 5.26 Å². The van der Waals surface area contributed by atoms with E-state index in [0.29, 0.717) is 5.56 Å². The Balaban J connectivity index is 0.00000146. The molecule has 0 spiro atoms. The van der Waals surface area contributed by atoms with Crippen LogP contribution in [-0.4, -0.2) is 4.98 Å². The van der Waals surface area contributed by atoms with E-state index in [1.165, 1.54) is 0 Å².